The molecule has 0 unspecified atom stereocenters. The molecule has 0 radical (unpaired) electrons. The number of ether oxygens (including phenoxy) is 1. The van der Waals surface area contributed by atoms with Crippen molar-refractivity contribution in [1.82, 2.24) is 10.6 Å². The molecule has 0 saturated heterocycles. The fourth-order valence-corrected chi connectivity index (χ4v) is 2.92. The molecule has 1 heterocycles. The number of hydrogen-bond donors (Lipinski definition) is 2. The van der Waals surface area contributed by atoms with Crippen molar-refractivity contribution < 1.29 is 9.53 Å². The van der Waals surface area contributed by atoms with E-state index >= 15 is 0 Å². The summed E-state index contributed by atoms with van der Waals surface area (Å²) in [6.07, 6.45) is 3.74. The van der Waals surface area contributed by atoms with Crippen LogP contribution in [0.1, 0.15) is 12.8 Å². The number of carbonyl (C=O) groups is 1. The van der Waals surface area contributed by atoms with Crippen molar-refractivity contribution in [1.29, 1.82) is 0 Å². The third kappa shape index (κ3) is 5.81. The summed E-state index contributed by atoms with van der Waals surface area (Å²) in [6, 6.07) is 7.90. The van der Waals surface area contributed by atoms with Crippen LogP contribution < -0.4 is 15.4 Å². The average molecular weight is 306 g/mol. The topological polar surface area (TPSA) is 50.4 Å². The Morgan fingerprint density at radius 2 is 2.19 bits per heavy atom. The molecule has 0 fully saturated rings. The van der Waals surface area contributed by atoms with Crippen LogP contribution in [-0.2, 0) is 4.79 Å². The van der Waals surface area contributed by atoms with Gasteiger partial charge in [-0.25, -0.2) is 0 Å². The smallest absolute Gasteiger partial charge is 0.221 e. The number of methoxy groups -OCH3 is 1. The molecule has 2 N–H and O–H groups in total. The SMILES string of the molecule is COc1ccc(SCCC(=O)NCC2=CCNCC2)cc1. The van der Waals surface area contributed by atoms with E-state index in [4.69, 9.17) is 4.74 Å². The maximum atomic E-state index is 11.8. The molecule has 114 valence electrons. The summed E-state index contributed by atoms with van der Waals surface area (Å²) in [5, 5.41) is 6.25. The van der Waals surface area contributed by atoms with Crippen molar-refractivity contribution >= 4 is 17.7 Å². The van der Waals surface area contributed by atoms with Crippen LogP contribution in [0.5, 0.6) is 5.75 Å². The summed E-state index contributed by atoms with van der Waals surface area (Å²) in [5.74, 6) is 1.77. The van der Waals surface area contributed by atoms with E-state index in [9.17, 15) is 4.79 Å². The lowest BCUT2D eigenvalue weighted by atomic mass is 10.1. The Morgan fingerprint density at radius 3 is 2.86 bits per heavy atom. The second-order valence-electron chi connectivity index (χ2n) is 4.87. The summed E-state index contributed by atoms with van der Waals surface area (Å²) in [4.78, 5) is 12.9. The van der Waals surface area contributed by atoms with Crippen LogP contribution in [0.3, 0.4) is 0 Å². The van der Waals surface area contributed by atoms with E-state index in [1.807, 2.05) is 24.3 Å². The Morgan fingerprint density at radius 1 is 1.38 bits per heavy atom. The van der Waals surface area contributed by atoms with Crippen LogP contribution >= 0.6 is 11.8 Å². The van der Waals surface area contributed by atoms with Crippen molar-refractivity contribution in [3.05, 3.63) is 35.9 Å². The van der Waals surface area contributed by atoms with Gasteiger partial charge < -0.3 is 15.4 Å². The number of benzene rings is 1. The monoisotopic (exact) mass is 306 g/mol. The molecule has 2 rings (SSSR count). The highest BCUT2D eigenvalue weighted by Crippen LogP contribution is 2.21. The van der Waals surface area contributed by atoms with Gasteiger partial charge in [0.05, 0.1) is 7.11 Å². The molecule has 0 saturated carbocycles. The molecular weight excluding hydrogens is 284 g/mol. The number of rotatable bonds is 7. The van der Waals surface area contributed by atoms with Gasteiger partial charge in [0.2, 0.25) is 5.91 Å². The van der Waals surface area contributed by atoms with Crippen molar-refractivity contribution in [3.8, 4) is 5.75 Å². The van der Waals surface area contributed by atoms with Gasteiger partial charge in [0, 0.05) is 30.2 Å². The molecule has 21 heavy (non-hydrogen) atoms. The standard InChI is InChI=1S/C16H22N2O2S/c1-20-14-2-4-15(5-3-14)21-11-8-16(19)18-12-13-6-9-17-10-7-13/h2-6,17H,7-12H2,1H3,(H,18,19). The molecule has 5 heteroatoms. The van der Waals surface area contributed by atoms with Crippen molar-refractivity contribution in [3.63, 3.8) is 0 Å². The van der Waals surface area contributed by atoms with E-state index in [-0.39, 0.29) is 5.91 Å². The summed E-state index contributed by atoms with van der Waals surface area (Å²) in [6.45, 7) is 2.61. The highest BCUT2D eigenvalue weighted by molar-refractivity contribution is 7.99. The normalized spacial score (nSPS) is 14.4. The quantitative estimate of drug-likeness (QED) is 0.599. The largest absolute Gasteiger partial charge is 0.497 e. The van der Waals surface area contributed by atoms with Gasteiger partial charge in [-0.3, -0.25) is 4.79 Å². The molecular formula is C16H22N2O2S. The third-order valence-electron chi connectivity index (χ3n) is 3.33. The fourth-order valence-electron chi connectivity index (χ4n) is 2.06. The van der Waals surface area contributed by atoms with E-state index in [0.717, 1.165) is 35.9 Å². The molecule has 1 aromatic carbocycles. The average Bonchev–Trinajstić information content (AvgIpc) is 2.54. The summed E-state index contributed by atoms with van der Waals surface area (Å²) in [7, 11) is 1.66. The Labute approximate surface area is 130 Å². The number of thioether (sulfide) groups is 1. The number of carbonyl (C=O) groups excluding carboxylic acids is 1. The minimum Gasteiger partial charge on any atom is -0.497 e. The molecule has 0 atom stereocenters. The van der Waals surface area contributed by atoms with Gasteiger partial charge in [0.15, 0.2) is 0 Å². The van der Waals surface area contributed by atoms with Crippen molar-refractivity contribution in [2.75, 3.05) is 32.5 Å². The molecule has 1 aliphatic heterocycles. The summed E-state index contributed by atoms with van der Waals surface area (Å²) < 4.78 is 5.12. The first kappa shape index (κ1) is 15.9. The van der Waals surface area contributed by atoms with Crippen molar-refractivity contribution in [2.45, 2.75) is 17.7 Å². The second-order valence-corrected chi connectivity index (χ2v) is 6.04. The van der Waals surface area contributed by atoms with Gasteiger partial charge in [-0.2, -0.15) is 0 Å². The van der Waals surface area contributed by atoms with Crippen LogP contribution in [-0.4, -0.2) is 38.4 Å². The van der Waals surface area contributed by atoms with Crippen LogP contribution in [0.4, 0.5) is 0 Å². The molecule has 4 nitrogen and oxygen atoms in total. The second kappa shape index (κ2) is 8.74. The fraction of sp³-hybridized carbons (Fsp3) is 0.438. The predicted molar refractivity (Wildman–Crippen MR) is 86.9 cm³/mol. The highest BCUT2D eigenvalue weighted by atomic mass is 32.2. The Bertz CT molecular complexity index is 486. The van der Waals surface area contributed by atoms with E-state index in [1.54, 1.807) is 18.9 Å². The van der Waals surface area contributed by atoms with Gasteiger partial charge in [0.1, 0.15) is 5.75 Å². The molecule has 0 spiro atoms. The van der Waals surface area contributed by atoms with E-state index < -0.39 is 0 Å². The number of nitrogens with one attached hydrogen (secondary N) is 2. The minimum atomic E-state index is 0.121. The van der Waals surface area contributed by atoms with Crippen LogP contribution in [0.25, 0.3) is 0 Å². The van der Waals surface area contributed by atoms with Gasteiger partial charge in [0.25, 0.3) is 0 Å². The molecule has 0 aromatic heterocycles. The van der Waals surface area contributed by atoms with E-state index in [0.29, 0.717) is 13.0 Å². The van der Waals surface area contributed by atoms with Crippen molar-refractivity contribution in [2.24, 2.45) is 0 Å². The Balaban J connectivity index is 1.63. The van der Waals surface area contributed by atoms with Gasteiger partial charge in [-0.05, 0) is 37.2 Å². The lowest BCUT2D eigenvalue weighted by Crippen LogP contribution is -2.29. The Hall–Kier alpha value is -1.46. The van der Waals surface area contributed by atoms with E-state index in [2.05, 4.69) is 16.7 Å². The lowest BCUT2D eigenvalue weighted by molar-refractivity contribution is -0.120. The summed E-state index contributed by atoms with van der Waals surface area (Å²) in [5.41, 5.74) is 1.32. The van der Waals surface area contributed by atoms with Gasteiger partial charge in [-0.15, -0.1) is 11.8 Å². The van der Waals surface area contributed by atoms with Gasteiger partial charge >= 0.3 is 0 Å². The zero-order valence-electron chi connectivity index (χ0n) is 12.4. The molecule has 1 aromatic rings. The van der Waals surface area contributed by atoms with Gasteiger partial charge in [-0.1, -0.05) is 11.6 Å². The zero-order valence-corrected chi connectivity index (χ0v) is 13.2. The summed E-state index contributed by atoms with van der Waals surface area (Å²) >= 11 is 1.69. The van der Waals surface area contributed by atoms with Crippen LogP contribution in [0, 0.1) is 0 Å². The van der Waals surface area contributed by atoms with Crippen LogP contribution in [0.2, 0.25) is 0 Å². The molecule has 1 aliphatic rings. The van der Waals surface area contributed by atoms with Crippen LogP contribution in [0.15, 0.2) is 40.8 Å². The maximum absolute atomic E-state index is 11.8. The Kier molecular flexibility index (Phi) is 6.63. The molecule has 1 amide bonds. The zero-order chi connectivity index (χ0) is 14.9. The van der Waals surface area contributed by atoms with E-state index in [1.165, 1.54) is 5.57 Å². The number of amides is 1. The minimum absolute atomic E-state index is 0.121. The molecule has 0 aliphatic carbocycles. The predicted octanol–water partition coefficient (Wildman–Crippen LogP) is 2.21. The number of hydrogen-bond acceptors (Lipinski definition) is 4. The first-order chi connectivity index (χ1) is 10.3. The first-order valence-electron chi connectivity index (χ1n) is 7.20. The first-order valence-corrected chi connectivity index (χ1v) is 8.18. The highest BCUT2D eigenvalue weighted by Gasteiger charge is 2.06. The molecule has 0 bridgehead atoms. The lowest BCUT2D eigenvalue weighted by Gasteiger charge is -2.14. The maximum Gasteiger partial charge on any atom is 0.221 e. The third-order valence-corrected chi connectivity index (χ3v) is 4.34.